The second-order valence-electron chi connectivity index (χ2n) is 4.73. The Morgan fingerprint density at radius 1 is 1.32 bits per heavy atom. The first kappa shape index (κ1) is 16.4. The normalized spacial score (nSPS) is 11.4. The third kappa shape index (κ3) is 2.83. The molecule has 2 rings (SSSR count). The Morgan fingerprint density at radius 3 is 2.59 bits per heavy atom. The van der Waals surface area contributed by atoms with Crippen LogP contribution in [0.3, 0.4) is 0 Å². The molecule has 6 nitrogen and oxygen atoms in total. The minimum Gasteiger partial charge on any atom is -0.465 e. The van der Waals surface area contributed by atoms with Crippen molar-refractivity contribution in [1.82, 2.24) is 4.57 Å². The van der Waals surface area contributed by atoms with E-state index in [1.165, 1.54) is 34.2 Å². The van der Waals surface area contributed by atoms with Crippen LogP contribution in [-0.4, -0.2) is 40.6 Å². The topological polar surface area (TPSA) is 88.8 Å². The molecule has 0 atom stereocenters. The number of rotatable bonds is 6. The van der Waals surface area contributed by atoms with Crippen molar-refractivity contribution in [3.05, 3.63) is 51.1 Å². The Labute approximate surface area is 131 Å². The van der Waals surface area contributed by atoms with Crippen molar-refractivity contribution >= 4 is 17.3 Å². The molecule has 2 heterocycles. The molecule has 0 radical (unpaired) electrons. The highest BCUT2D eigenvalue weighted by molar-refractivity contribution is 7.08. The van der Waals surface area contributed by atoms with Gasteiger partial charge in [0.15, 0.2) is 0 Å². The van der Waals surface area contributed by atoms with Gasteiger partial charge in [0.2, 0.25) is 0 Å². The Morgan fingerprint density at radius 2 is 2.05 bits per heavy atom. The predicted octanol–water partition coefficient (Wildman–Crippen LogP) is 0.685. The van der Waals surface area contributed by atoms with Gasteiger partial charge in [0, 0.05) is 17.6 Å². The summed E-state index contributed by atoms with van der Waals surface area (Å²) >= 11 is 1.43. The van der Waals surface area contributed by atoms with Crippen LogP contribution in [-0.2, 0) is 14.9 Å². The third-order valence-electron chi connectivity index (χ3n) is 3.45. The van der Waals surface area contributed by atoms with Crippen molar-refractivity contribution in [2.45, 2.75) is 12.3 Å². The van der Waals surface area contributed by atoms with E-state index in [0.717, 1.165) is 0 Å². The average molecular weight is 323 g/mol. The van der Waals surface area contributed by atoms with E-state index in [2.05, 4.69) is 0 Å². The molecule has 0 saturated carbocycles. The van der Waals surface area contributed by atoms with E-state index < -0.39 is 24.6 Å². The molecule has 0 spiro atoms. The summed E-state index contributed by atoms with van der Waals surface area (Å²) in [4.78, 5) is 24.2. The quantitative estimate of drug-likeness (QED) is 0.763. The number of nitrogens with zero attached hydrogens (tertiary/aromatic N) is 1. The van der Waals surface area contributed by atoms with E-state index in [4.69, 9.17) is 4.74 Å². The van der Waals surface area contributed by atoms with E-state index >= 15 is 0 Å². The highest BCUT2D eigenvalue weighted by Crippen LogP contribution is 2.25. The lowest BCUT2D eigenvalue weighted by atomic mass is 9.83. The molecule has 0 aliphatic carbocycles. The number of carbonyl (C=O) groups excluding carboxylic acids is 1. The zero-order valence-corrected chi connectivity index (χ0v) is 12.9. The molecule has 2 aromatic rings. The summed E-state index contributed by atoms with van der Waals surface area (Å²) in [6, 6.07) is 4.49. The largest absolute Gasteiger partial charge is 0.465 e. The maximum atomic E-state index is 12.2. The number of hydrogen-bond donors (Lipinski definition) is 2. The van der Waals surface area contributed by atoms with Gasteiger partial charge >= 0.3 is 5.97 Å². The van der Waals surface area contributed by atoms with Crippen LogP contribution in [0.15, 0.2) is 40.0 Å². The van der Waals surface area contributed by atoms with Gasteiger partial charge in [-0.1, -0.05) is 6.07 Å². The molecular weight excluding hydrogens is 306 g/mol. The molecule has 7 heteroatoms. The smallest absolute Gasteiger partial charge is 0.321 e. The SMILES string of the molecule is CCOC(=O)C(CO)(CO)c1ccc(=O)n(-c2ccsc2)c1. The van der Waals surface area contributed by atoms with Crippen molar-refractivity contribution in [3.8, 4) is 5.69 Å². The summed E-state index contributed by atoms with van der Waals surface area (Å²) in [5, 5.41) is 23.0. The second kappa shape index (κ2) is 6.87. The zero-order chi connectivity index (χ0) is 16.2. The van der Waals surface area contributed by atoms with Gasteiger partial charge in [0.25, 0.3) is 5.56 Å². The maximum absolute atomic E-state index is 12.2. The number of thiophene rings is 1. The van der Waals surface area contributed by atoms with Crippen LogP contribution in [0.25, 0.3) is 5.69 Å². The summed E-state index contributed by atoms with van der Waals surface area (Å²) in [6.45, 7) is 0.531. The lowest BCUT2D eigenvalue weighted by Crippen LogP contribution is -2.45. The van der Waals surface area contributed by atoms with Crippen LogP contribution < -0.4 is 5.56 Å². The van der Waals surface area contributed by atoms with Crippen molar-refractivity contribution < 1.29 is 19.7 Å². The van der Waals surface area contributed by atoms with E-state index in [0.29, 0.717) is 11.3 Å². The number of aromatic nitrogens is 1. The van der Waals surface area contributed by atoms with Crippen molar-refractivity contribution in [2.24, 2.45) is 0 Å². The van der Waals surface area contributed by atoms with Gasteiger partial charge in [-0.25, -0.2) is 0 Å². The molecule has 0 saturated heterocycles. The molecule has 0 unspecified atom stereocenters. The van der Waals surface area contributed by atoms with Gasteiger partial charge in [-0.3, -0.25) is 14.2 Å². The first-order chi connectivity index (χ1) is 10.6. The van der Waals surface area contributed by atoms with E-state index in [1.54, 1.807) is 18.4 Å². The van der Waals surface area contributed by atoms with Crippen LogP contribution in [0.4, 0.5) is 0 Å². The number of hydrogen-bond acceptors (Lipinski definition) is 6. The number of aliphatic hydroxyl groups excluding tert-OH is 2. The first-order valence-corrected chi connectivity index (χ1v) is 7.68. The molecular formula is C15H17NO5S. The molecule has 22 heavy (non-hydrogen) atoms. The molecule has 0 amide bonds. The number of pyridine rings is 1. The second-order valence-corrected chi connectivity index (χ2v) is 5.51. The Hall–Kier alpha value is -1.96. The van der Waals surface area contributed by atoms with Gasteiger partial charge in [-0.2, -0.15) is 11.3 Å². The van der Waals surface area contributed by atoms with Gasteiger partial charge in [0.1, 0.15) is 5.41 Å². The fraction of sp³-hybridized carbons (Fsp3) is 0.333. The van der Waals surface area contributed by atoms with E-state index in [1.807, 2.05) is 5.38 Å². The fourth-order valence-electron chi connectivity index (χ4n) is 2.12. The van der Waals surface area contributed by atoms with Crippen LogP contribution in [0, 0.1) is 0 Å². The Bertz CT molecular complexity index is 688. The van der Waals surface area contributed by atoms with Crippen molar-refractivity contribution in [1.29, 1.82) is 0 Å². The molecule has 0 aromatic carbocycles. The van der Waals surface area contributed by atoms with Crippen LogP contribution in [0.1, 0.15) is 12.5 Å². The molecule has 0 bridgehead atoms. The summed E-state index contributed by atoms with van der Waals surface area (Å²) in [5.74, 6) is -0.726. The van der Waals surface area contributed by atoms with Crippen molar-refractivity contribution in [3.63, 3.8) is 0 Å². The summed E-state index contributed by atoms with van der Waals surface area (Å²) in [7, 11) is 0. The predicted molar refractivity (Wildman–Crippen MR) is 82.4 cm³/mol. The van der Waals surface area contributed by atoms with Crippen LogP contribution >= 0.6 is 11.3 Å². The Balaban J connectivity index is 2.56. The molecule has 118 valence electrons. The molecule has 0 aliphatic heterocycles. The zero-order valence-electron chi connectivity index (χ0n) is 12.1. The summed E-state index contributed by atoms with van der Waals surface area (Å²) in [5.41, 5.74) is -0.885. The molecule has 0 aliphatic rings. The minimum absolute atomic E-state index is 0.130. The number of carbonyl (C=O) groups is 1. The minimum atomic E-state index is -1.60. The van der Waals surface area contributed by atoms with Gasteiger partial charge < -0.3 is 14.9 Å². The standard InChI is InChI=1S/C15H17NO5S/c1-2-21-14(20)15(9-17,10-18)11-3-4-13(19)16(7-11)12-5-6-22-8-12/h3-8,17-18H,2,9-10H2,1H3. The van der Waals surface area contributed by atoms with Crippen molar-refractivity contribution in [2.75, 3.05) is 19.8 Å². The van der Waals surface area contributed by atoms with Crippen LogP contribution in [0.2, 0.25) is 0 Å². The maximum Gasteiger partial charge on any atom is 0.321 e. The highest BCUT2D eigenvalue weighted by atomic mass is 32.1. The van der Waals surface area contributed by atoms with E-state index in [-0.39, 0.29) is 12.2 Å². The molecule has 0 fully saturated rings. The number of aliphatic hydroxyl groups is 2. The Kier molecular flexibility index (Phi) is 5.12. The molecule has 2 N–H and O–H groups in total. The number of esters is 1. The van der Waals surface area contributed by atoms with Gasteiger partial charge in [-0.05, 0) is 23.9 Å². The fourth-order valence-corrected chi connectivity index (χ4v) is 2.74. The summed E-state index contributed by atoms with van der Waals surface area (Å²) < 4.78 is 6.33. The highest BCUT2D eigenvalue weighted by Gasteiger charge is 2.41. The lowest BCUT2D eigenvalue weighted by Gasteiger charge is -2.28. The third-order valence-corrected chi connectivity index (χ3v) is 4.12. The van der Waals surface area contributed by atoms with Gasteiger partial charge in [-0.15, -0.1) is 0 Å². The lowest BCUT2D eigenvalue weighted by molar-refractivity contribution is -0.154. The van der Waals surface area contributed by atoms with E-state index in [9.17, 15) is 19.8 Å². The van der Waals surface area contributed by atoms with Gasteiger partial charge in [0.05, 0.1) is 25.5 Å². The molecule has 2 aromatic heterocycles. The first-order valence-electron chi connectivity index (χ1n) is 6.73. The number of ether oxygens (including phenoxy) is 1. The average Bonchev–Trinajstić information content (AvgIpc) is 3.05. The summed E-state index contributed by atoms with van der Waals surface area (Å²) in [6.07, 6.45) is 1.45. The van der Waals surface area contributed by atoms with Crippen LogP contribution in [0.5, 0.6) is 0 Å². The monoisotopic (exact) mass is 323 g/mol.